The molecule has 0 aliphatic rings. The molecule has 3 aromatic rings. The fourth-order valence-electron chi connectivity index (χ4n) is 3.09. The number of aromatic nitrogens is 1. The molecule has 0 atom stereocenters. The first-order valence-electron chi connectivity index (χ1n) is 7.82. The van der Waals surface area contributed by atoms with Gasteiger partial charge in [0.05, 0.1) is 5.56 Å². The van der Waals surface area contributed by atoms with Crippen molar-refractivity contribution in [3.63, 3.8) is 0 Å². The van der Waals surface area contributed by atoms with Crippen molar-refractivity contribution in [1.29, 1.82) is 0 Å². The average molecular weight is 340 g/mol. The van der Waals surface area contributed by atoms with Gasteiger partial charge in [0.25, 0.3) is 0 Å². The quantitative estimate of drug-likeness (QED) is 0.709. The van der Waals surface area contributed by atoms with Crippen LogP contribution in [0.2, 0.25) is 0 Å². The number of nitrogens with zero attached hydrogens (tertiary/aromatic N) is 1. The standard InChI is InChI=1S/C19H20N2O2S/c1-13-17(12-20-11-16-9-6-10-24-16)18(19(22)23)14(2)21(13)15-7-4-3-5-8-15/h3-10,20H,11-12H2,1-2H3,(H,22,23). The number of carbonyl (C=O) groups is 1. The van der Waals surface area contributed by atoms with Gasteiger partial charge in [-0.2, -0.15) is 0 Å². The van der Waals surface area contributed by atoms with Gasteiger partial charge in [-0.1, -0.05) is 24.3 Å². The molecule has 0 spiro atoms. The summed E-state index contributed by atoms with van der Waals surface area (Å²) in [6, 6.07) is 14.0. The van der Waals surface area contributed by atoms with Crippen molar-refractivity contribution >= 4 is 17.3 Å². The van der Waals surface area contributed by atoms with Crippen molar-refractivity contribution in [3.05, 3.63) is 75.2 Å². The number of thiophene rings is 1. The summed E-state index contributed by atoms with van der Waals surface area (Å²) in [5.41, 5.74) is 3.96. The minimum atomic E-state index is -0.877. The molecule has 24 heavy (non-hydrogen) atoms. The van der Waals surface area contributed by atoms with Crippen LogP contribution in [0.1, 0.15) is 32.2 Å². The highest BCUT2D eigenvalue weighted by atomic mass is 32.1. The Morgan fingerprint density at radius 1 is 1.08 bits per heavy atom. The van der Waals surface area contributed by atoms with Gasteiger partial charge in [-0.15, -0.1) is 11.3 Å². The summed E-state index contributed by atoms with van der Waals surface area (Å²) in [5.74, 6) is -0.877. The molecule has 3 rings (SSSR count). The average Bonchev–Trinajstić information content (AvgIpc) is 3.15. The van der Waals surface area contributed by atoms with Crippen LogP contribution in [-0.4, -0.2) is 15.6 Å². The van der Waals surface area contributed by atoms with Crippen LogP contribution in [0.5, 0.6) is 0 Å². The lowest BCUT2D eigenvalue weighted by Gasteiger charge is -2.09. The molecule has 1 aromatic carbocycles. The highest BCUT2D eigenvalue weighted by Gasteiger charge is 2.22. The molecule has 0 radical (unpaired) electrons. The lowest BCUT2D eigenvalue weighted by molar-refractivity contribution is 0.0695. The van der Waals surface area contributed by atoms with Crippen LogP contribution >= 0.6 is 11.3 Å². The van der Waals surface area contributed by atoms with Crippen LogP contribution in [-0.2, 0) is 13.1 Å². The zero-order chi connectivity index (χ0) is 17.1. The number of aromatic carboxylic acids is 1. The highest BCUT2D eigenvalue weighted by molar-refractivity contribution is 7.09. The molecule has 0 unspecified atom stereocenters. The zero-order valence-corrected chi connectivity index (χ0v) is 14.6. The van der Waals surface area contributed by atoms with Crippen molar-refractivity contribution in [1.82, 2.24) is 9.88 Å². The topological polar surface area (TPSA) is 54.3 Å². The van der Waals surface area contributed by atoms with E-state index in [2.05, 4.69) is 11.4 Å². The molecule has 124 valence electrons. The number of benzene rings is 1. The van der Waals surface area contributed by atoms with Gasteiger partial charge in [0.2, 0.25) is 0 Å². The van der Waals surface area contributed by atoms with E-state index >= 15 is 0 Å². The smallest absolute Gasteiger partial charge is 0.337 e. The minimum Gasteiger partial charge on any atom is -0.478 e. The second kappa shape index (κ2) is 7.03. The summed E-state index contributed by atoms with van der Waals surface area (Å²) in [5, 5.41) is 15.1. The van der Waals surface area contributed by atoms with Gasteiger partial charge >= 0.3 is 5.97 Å². The van der Waals surface area contributed by atoms with Crippen LogP contribution in [0.3, 0.4) is 0 Å². The summed E-state index contributed by atoms with van der Waals surface area (Å²) in [6.45, 7) is 5.12. The van der Waals surface area contributed by atoms with Crippen LogP contribution in [0, 0.1) is 13.8 Å². The molecule has 2 heterocycles. The Bertz CT molecular complexity index is 836. The molecule has 2 N–H and O–H groups in total. The Morgan fingerprint density at radius 2 is 1.83 bits per heavy atom. The van der Waals surface area contributed by atoms with Crippen molar-refractivity contribution in [2.75, 3.05) is 0 Å². The molecule has 0 fully saturated rings. The maximum atomic E-state index is 11.8. The first-order valence-corrected chi connectivity index (χ1v) is 8.70. The predicted octanol–water partition coefficient (Wildman–Crippen LogP) is 4.14. The first kappa shape index (κ1) is 16.5. The van der Waals surface area contributed by atoms with E-state index in [-0.39, 0.29) is 0 Å². The van der Waals surface area contributed by atoms with E-state index in [1.165, 1.54) is 4.88 Å². The molecular formula is C19H20N2O2S. The molecule has 0 saturated carbocycles. The van der Waals surface area contributed by atoms with E-state index in [1.54, 1.807) is 11.3 Å². The Labute approximate surface area is 145 Å². The molecule has 2 aromatic heterocycles. The maximum Gasteiger partial charge on any atom is 0.337 e. The molecule has 0 amide bonds. The summed E-state index contributed by atoms with van der Waals surface area (Å²) in [4.78, 5) is 13.0. The van der Waals surface area contributed by atoms with E-state index < -0.39 is 5.97 Å². The van der Waals surface area contributed by atoms with Gasteiger partial charge in [-0.05, 0) is 37.4 Å². The molecular weight excluding hydrogens is 320 g/mol. The Morgan fingerprint density at radius 3 is 2.46 bits per heavy atom. The van der Waals surface area contributed by atoms with Crippen LogP contribution in [0.15, 0.2) is 47.8 Å². The Balaban J connectivity index is 1.94. The highest BCUT2D eigenvalue weighted by Crippen LogP contribution is 2.26. The lowest BCUT2D eigenvalue weighted by atomic mass is 10.1. The SMILES string of the molecule is Cc1c(CNCc2cccs2)c(C(=O)O)c(C)n1-c1ccccc1. The third kappa shape index (κ3) is 3.13. The zero-order valence-electron chi connectivity index (χ0n) is 13.7. The first-order chi connectivity index (χ1) is 11.6. The molecule has 5 heteroatoms. The number of hydrogen-bond acceptors (Lipinski definition) is 3. The van der Waals surface area contributed by atoms with Crippen LogP contribution in [0.4, 0.5) is 0 Å². The van der Waals surface area contributed by atoms with E-state index in [4.69, 9.17) is 0 Å². The van der Waals surface area contributed by atoms with E-state index in [1.807, 2.05) is 60.2 Å². The number of hydrogen-bond donors (Lipinski definition) is 2. The third-order valence-electron chi connectivity index (χ3n) is 4.18. The molecule has 0 aliphatic carbocycles. The van der Waals surface area contributed by atoms with Gasteiger partial charge in [0.15, 0.2) is 0 Å². The normalized spacial score (nSPS) is 10.9. The third-order valence-corrected chi connectivity index (χ3v) is 5.06. The van der Waals surface area contributed by atoms with E-state index in [0.717, 1.165) is 29.2 Å². The second-order valence-corrected chi connectivity index (χ2v) is 6.72. The van der Waals surface area contributed by atoms with Gasteiger partial charge in [0, 0.05) is 40.6 Å². The van der Waals surface area contributed by atoms with Crippen LogP contribution in [0.25, 0.3) is 5.69 Å². The van der Waals surface area contributed by atoms with Crippen molar-refractivity contribution in [3.8, 4) is 5.69 Å². The number of rotatable bonds is 6. The Hall–Kier alpha value is -2.37. The van der Waals surface area contributed by atoms with Gasteiger partial charge in [0.1, 0.15) is 0 Å². The number of para-hydroxylation sites is 1. The summed E-state index contributed by atoms with van der Waals surface area (Å²) >= 11 is 1.69. The summed E-state index contributed by atoms with van der Waals surface area (Å²) < 4.78 is 2.02. The van der Waals surface area contributed by atoms with Gasteiger partial charge in [-0.25, -0.2) is 4.79 Å². The monoisotopic (exact) mass is 340 g/mol. The molecule has 4 nitrogen and oxygen atoms in total. The largest absolute Gasteiger partial charge is 0.478 e. The second-order valence-electron chi connectivity index (χ2n) is 5.68. The number of carboxylic acids is 1. The van der Waals surface area contributed by atoms with Crippen molar-refractivity contribution in [2.45, 2.75) is 26.9 Å². The van der Waals surface area contributed by atoms with E-state index in [0.29, 0.717) is 12.1 Å². The van der Waals surface area contributed by atoms with Crippen LogP contribution < -0.4 is 5.32 Å². The molecule has 0 bridgehead atoms. The number of nitrogens with one attached hydrogen (secondary N) is 1. The molecule has 0 aliphatic heterocycles. The van der Waals surface area contributed by atoms with Gasteiger partial charge < -0.3 is 15.0 Å². The number of carboxylic acid groups (broad SMARTS) is 1. The summed E-state index contributed by atoms with van der Waals surface area (Å²) in [7, 11) is 0. The van der Waals surface area contributed by atoms with E-state index in [9.17, 15) is 9.90 Å². The van der Waals surface area contributed by atoms with Gasteiger partial charge in [-0.3, -0.25) is 0 Å². The molecule has 0 saturated heterocycles. The fourth-order valence-corrected chi connectivity index (χ4v) is 3.76. The summed E-state index contributed by atoms with van der Waals surface area (Å²) in [6.07, 6.45) is 0. The lowest BCUT2D eigenvalue weighted by Crippen LogP contribution is -2.15. The van der Waals surface area contributed by atoms with Crippen molar-refractivity contribution < 1.29 is 9.90 Å². The Kier molecular flexibility index (Phi) is 4.83. The maximum absolute atomic E-state index is 11.8. The minimum absolute atomic E-state index is 0.398. The fraction of sp³-hybridized carbons (Fsp3) is 0.211. The van der Waals surface area contributed by atoms with Crippen molar-refractivity contribution in [2.24, 2.45) is 0 Å². The predicted molar refractivity (Wildman–Crippen MR) is 97.1 cm³/mol.